The lowest BCUT2D eigenvalue weighted by atomic mass is 9.36. The summed E-state index contributed by atoms with van der Waals surface area (Å²) in [4.78, 5) is 2.77. The highest BCUT2D eigenvalue weighted by Gasteiger charge is 2.48. The second-order valence-corrected chi connectivity index (χ2v) is 24.6. The van der Waals surface area contributed by atoms with Crippen molar-refractivity contribution in [2.24, 2.45) is 0 Å². The van der Waals surface area contributed by atoms with Crippen molar-refractivity contribution in [3.63, 3.8) is 0 Å². The van der Waals surface area contributed by atoms with Crippen molar-refractivity contribution in [2.75, 3.05) is 14.7 Å². The summed E-state index contributed by atoms with van der Waals surface area (Å²) in [5, 5.41) is -0.513. The largest absolute Gasteiger partial charge is 0.440 e. The zero-order chi connectivity index (χ0) is 72.8. The molecular weight excluding hydrogens is 894 g/mol. The summed E-state index contributed by atoms with van der Waals surface area (Å²) in [7, 11) is 0. The molecule has 0 bridgehead atoms. The van der Waals surface area contributed by atoms with Crippen LogP contribution in [-0.4, -0.2) is 6.71 Å². The average Bonchev–Trinajstić information content (AvgIpc) is 1.60. The van der Waals surface area contributed by atoms with E-state index in [0.29, 0.717) is 4.90 Å². The van der Waals surface area contributed by atoms with Gasteiger partial charge < -0.3 is 14.2 Å². The van der Waals surface area contributed by atoms with Crippen LogP contribution in [0.2, 0.25) is 0 Å². The molecule has 0 saturated heterocycles. The Kier molecular flexibility index (Phi) is 6.19. The Bertz CT molecular complexity index is 4860. The summed E-state index contributed by atoms with van der Waals surface area (Å²) in [6.07, 6.45) is 0. The molecule has 7 aromatic carbocycles. The summed E-state index contributed by atoms with van der Waals surface area (Å²) in [5.74, 6) is -0.583. The number of para-hydroxylation sites is 1. The van der Waals surface area contributed by atoms with Crippen molar-refractivity contribution in [1.29, 1.82) is 0 Å². The maximum absolute atomic E-state index is 11.3. The Morgan fingerprint density at radius 2 is 0.875 bits per heavy atom. The maximum Gasteiger partial charge on any atom is 0.269 e. The normalized spacial score (nSPS) is 18.8. The second kappa shape index (κ2) is 16.5. The predicted octanol–water partition coefficient (Wildman–Crippen LogP) is 17.7. The Balaban J connectivity index is 1.55. The van der Waals surface area contributed by atoms with Gasteiger partial charge in [-0.3, -0.25) is 4.90 Å². The molecule has 0 unspecified atom stereocenters. The minimum absolute atomic E-state index is 0.0173. The number of anilines is 9. The van der Waals surface area contributed by atoms with Gasteiger partial charge in [-0.15, -0.1) is 11.3 Å². The first-order valence-corrected chi connectivity index (χ1v) is 24.8. The number of thiophene rings is 1. The molecule has 11 rings (SSSR count). The van der Waals surface area contributed by atoms with Gasteiger partial charge in [0.15, 0.2) is 0 Å². The van der Waals surface area contributed by atoms with Crippen LogP contribution in [0.4, 0.5) is 51.4 Å². The van der Waals surface area contributed by atoms with Crippen LogP contribution in [-0.2, 0) is 27.1 Å². The molecule has 2 aliphatic rings. The highest BCUT2D eigenvalue weighted by Crippen LogP contribution is 2.52. The molecule has 2 aromatic heterocycles. The van der Waals surface area contributed by atoms with Gasteiger partial charge in [-0.25, -0.2) is 0 Å². The number of benzene rings is 7. The Hall–Kier alpha value is -6.50. The van der Waals surface area contributed by atoms with Gasteiger partial charge in [-0.05, 0) is 139 Å². The van der Waals surface area contributed by atoms with Gasteiger partial charge in [-0.2, -0.15) is 0 Å². The third kappa shape index (κ3) is 8.05. The highest BCUT2D eigenvalue weighted by atomic mass is 32.1. The second-order valence-electron chi connectivity index (χ2n) is 23.6. The molecule has 6 heteroatoms. The smallest absolute Gasteiger partial charge is 0.269 e. The molecule has 4 heterocycles. The molecule has 0 aliphatic carbocycles. The van der Waals surface area contributed by atoms with Crippen LogP contribution in [0.5, 0.6) is 0 Å². The number of furan rings is 1. The Morgan fingerprint density at radius 3 is 1.36 bits per heavy atom. The fourth-order valence-corrected chi connectivity index (χ4v) is 9.99. The maximum atomic E-state index is 11.3. The fourth-order valence-electron chi connectivity index (χ4n) is 8.78. The van der Waals surface area contributed by atoms with Crippen molar-refractivity contribution in [2.45, 2.75) is 131 Å². The first-order chi connectivity index (χ1) is 44.3. The van der Waals surface area contributed by atoms with Crippen molar-refractivity contribution in [3.05, 3.63) is 179 Å². The van der Waals surface area contributed by atoms with Gasteiger partial charge in [0.25, 0.3) is 6.71 Å². The standard InChI is InChI=1S/C66H70BN3OS/c1-62(2,3)41-20-29-46(30-21-41)68(47-31-22-42(23-32-47)63(4,5)6)50-39-53-58-54(40-50)70(49-35-26-44(27-36-49)65(10,11)12)61-57(51-18-16-17-19-55(51)71-61)67(58)60-59(52-38-45(66(13,14)15)28-37-56(52)72-60)69(53)48-33-24-43(25-34-48)64(7,8)9/h16-40H,1-15H3/i16D,17D,18D,19D,20D,21D,22D,23D,24D,25D,26D,27D,28D,29D,30D,31D,32D,33D,34D,35D,36D,37D,38D,39D,40D. The molecule has 0 spiro atoms. The minimum atomic E-state index is -1.72. The molecule has 0 amide bonds. The summed E-state index contributed by atoms with van der Waals surface area (Å²) in [6.45, 7) is 23.2. The number of hydrogen-bond acceptors (Lipinski definition) is 5. The molecule has 0 radical (unpaired) electrons. The molecule has 72 heavy (non-hydrogen) atoms. The van der Waals surface area contributed by atoms with Gasteiger partial charge in [0.1, 0.15) is 5.58 Å². The fraction of sp³-hybridized carbons (Fsp3) is 0.303. The number of rotatable bonds is 5. The van der Waals surface area contributed by atoms with Crippen LogP contribution < -0.4 is 30.4 Å². The van der Waals surface area contributed by atoms with Crippen LogP contribution in [0.25, 0.3) is 21.1 Å². The lowest BCUT2D eigenvalue weighted by Crippen LogP contribution is -2.60. The first kappa shape index (κ1) is 27.0. The molecular formula is C66H70BN3OS. The molecule has 9 aromatic rings. The van der Waals surface area contributed by atoms with Crippen molar-refractivity contribution < 1.29 is 38.7 Å². The van der Waals surface area contributed by atoms with Crippen molar-refractivity contribution >= 4 is 106 Å². The van der Waals surface area contributed by atoms with E-state index < -0.39 is 224 Å². The van der Waals surface area contributed by atoms with E-state index in [-0.39, 0.29) is 76.8 Å². The van der Waals surface area contributed by atoms with E-state index in [1.165, 1.54) is 0 Å². The van der Waals surface area contributed by atoms with Crippen LogP contribution in [0.3, 0.4) is 0 Å². The van der Waals surface area contributed by atoms with E-state index in [2.05, 4.69) is 0 Å². The van der Waals surface area contributed by atoms with Crippen molar-refractivity contribution in [3.8, 4) is 0 Å². The lowest BCUT2D eigenvalue weighted by molar-refractivity contribution is 0.590. The lowest BCUT2D eigenvalue weighted by Gasteiger charge is -2.42. The molecule has 0 atom stereocenters. The van der Waals surface area contributed by atoms with Crippen LogP contribution in [0, 0.1) is 0 Å². The summed E-state index contributed by atoms with van der Waals surface area (Å²) < 4.78 is 255. The summed E-state index contributed by atoms with van der Waals surface area (Å²) in [5.41, 5.74) is -12.5. The van der Waals surface area contributed by atoms with Gasteiger partial charge in [0, 0.05) is 59.8 Å². The average molecular weight is 989 g/mol. The topological polar surface area (TPSA) is 22.9 Å². The van der Waals surface area contributed by atoms with E-state index in [1.54, 1.807) is 104 Å². The Labute approximate surface area is 468 Å². The Morgan fingerprint density at radius 1 is 0.444 bits per heavy atom. The van der Waals surface area contributed by atoms with E-state index in [1.807, 2.05) is 0 Å². The molecule has 2 aliphatic heterocycles. The van der Waals surface area contributed by atoms with Gasteiger partial charge in [-0.1, -0.05) is 176 Å². The third-order valence-electron chi connectivity index (χ3n) is 12.8. The van der Waals surface area contributed by atoms with Gasteiger partial charge >= 0.3 is 0 Å². The summed E-state index contributed by atoms with van der Waals surface area (Å²) >= 11 is 0.794. The molecule has 364 valence electrons. The number of fused-ring (bicyclic) bond motifs is 8. The van der Waals surface area contributed by atoms with E-state index in [4.69, 9.17) is 5.79 Å². The van der Waals surface area contributed by atoms with Gasteiger partial charge in [0.05, 0.1) is 45.6 Å². The molecule has 0 fully saturated rings. The quantitative estimate of drug-likeness (QED) is 0.160. The SMILES string of the molecule is [2H]c1c([2H])c(C(C)(C)C)c([2H])c([2H])c1N1c2oc3c([2H])c([2H])c([2H])c([2H])c3c2B2c3sc4c([2H])c([2H])c(C(C)(C)C)c([2H])c4c3N(c3c([2H])c([2H])c(C(C)(C)C)c([2H])c3[2H])c3c([2H])c(N(c4c([2H])c([2H])c(C(C)(C)C)c([2H])c4[2H])c4c([2H])c([2H])c(C(C)(C)C)c([2H])c4[2H])c([2H])c1c32. The molecule has 0 N–H and O–H groups in total. The monoisotopic (exact) mass is 989 g/mol. The molecule has 4 nitrogen and oxygen atoms in total. The van der Waals surface area contributed by atoms with Crippen LogP contribution >= 0.6 is 11.3 Å². The highest BCUT2D eigenvalue weighted by molar-refractivity contribution is 7.34. The zero-order valence-corrected chi connectivity index (χ0v) is 44.1. The van der Waals surface area contributed by atoms with E-state index >= 15 is 0 Å². The minimum Gasteiger partial charge on any atom is -0.440 e. The summed E-state index contributed by atoms with van der Waals surface area (Å²) in [6, 6.07) is -17.9. The third-order valence-corrected chi connectivity index (χ3v) is 14.0. The van der Waals surface area contributed by atoms with Crippen LogP contribution in [0.15, 0.2) is 155 Å². The predicted molar refractivity (Wildman–Crippen MR) is 314 cm³/mol. The van der Waals surface area contributed by atoms with E-state index in [0.717, 1.165) is 21.1 Å². The zero-order valence-electron chi connectivity index (χ0n) is 68.2. The van der Waals surface area contributed by atoms with Crippen molar-refractivity contribution in [1.82, 2.24) is 0 Å². The first-order valence-electron chi connectivity index (χ1n) is 36.4. The molecule has 0 saturated carbocycles. The van der Waals surface area contributed by atoms with Crippen LogP contribution in [0.1, 0.15) is 166 Å². The van der Waals surface area contributed by atoms with E-state index in [9.17, 15) is 32.9 Å². The number of nitrogens with zero attached hydrogens (tertiary/aromatic N) is 3. The number of hydrogen-bond donors (Lipinski definition) is 0. The van der Waals surface area contributed by atoms with Gasteiger partial charge in [0.2, 0.25) is 5.88 Å².